The van der Waals surface area contributed by atoms with Crippen LogP contribution in [0.25, 0.3) is 0 Å². The second kappa shape index (κ2) is 3.24. The van der Waals surface area contributed by atoms with E-state index in [1.165, 1.54) is 4.90 Å². The van der Waals surface area contributed by atoms with E-state index in [1.54, 1.807) is 0 Å². The van der Waals surface area contributed by atoms with Crippen LogP contribution in [0.15, 0.2) is 0 Å². The number of carbonyl (C=O) groups excluding carboxylic acids is 2. The van der Waals surface area contributed by atoms with Gasteiger partial charge < -0.3 is 10.1 Å². The molecule has 72 valence electrons. The molecule has 1 heterocycles. The van der Waals surface area contributed by atoms with Crippen molar-refractivity contribution in [2.75, 3.05) is 19.7 Å². The number of hydrogen-bond donors (Lipinski definition) is 1. The van der Waals surface area contributed by atoms with Gasteiger partial charge in [0.1, 0.15) is 13.2 Å². The Hall–Kier alpha value is -1.26. The third kappa shape index (κ3) is 2.11. The van der Waals surface area contributed by atoms with Crippen LogP contribution >= 0.6 is 0 Å². The first-order valence-corrected chi connectivity index (χ1v) is 4.47. The molecule has 13 heavy (non-hydrogen) atoms. The summed E-state index contributed by atoms with van der Waals surface area (Å²) in [4.78, 5) is 23.6. The number of nitrogens with one attached hydrogen (secondary N) is 1. The van der Waals surface area contributed by atoms with E-state index < -0.39 is 0 Å². The fraction of sp³-hybridized carbons (Fsp3) is 0.750. The van der Waals surface area contributed by atoms with Crippen LogP contribution in [0.1, 0.15) is 12.8 Å². The molecular formula is C8H12N2O3. The molecule has 0 atom stereocenters. The smallest absolute Gasteiger partial charge is 0.410 e. The molecule has 1 aliphatic carbocycles. The zero-order chi connectivity index (χ0) is 9.26. The molecule has 0 aromatic carbocycles. The average molecular weight is 184 g/mol. The van der Waals surface area contributed by atoms with E-state index in [2.05, 4.69) is 5.32 Å². The maximum Gasteiger partial charge on any atom is 0.410 e. The number of nitrogens with zero attached hydrogens (tertiary/aromatic N) is 1. The van der Waals surface area contributed by atoms with Gasteiger partial charge in [0, 0.05) is 6.04 Å². The van der Waals surface area contributed by atoms with Crippen LogP contribution in [0.3, 0.4) is 0 Å². The van der Waals surface area contributed by atoms with Gasteiger partial charge in [-0.15, -0.1) is 0 Å². The normalized spacial score (nSPS) is 21.5. The van der Waals surface area contributed by atoms with Gasteiger partial charge in [0.25, 0.3) is 0 Å². The highest BCUT2D eigenvalue weighted by Crippen LogP contribution is 2.18. The fourth-order valence-corrected chi connectivity index (χ4v) is 1.24. The second-order valence-corrected chi connectivity index (χ2v) is 3.38. The molecule has 2 rings (SSSR count). The molecule has 0 aromatic rings. The molecule has 0 aromatic heterocycles. The van der Waals surface area contributed by atoms with Crippen LogP contribution < -0.4 is 5.32 Å². The Morgan fingerprint density at radius 2 is 2.38 bits per heavy atom. The van der Waals surface area contributed by atoms with Gasteiger partial charge in [-0.25, -0.2) is 4.79 Å². The highest BCUT2D eigenvalue weighted by atomic mass is 16.6. The zero-order valence-electron chi connectivity index (χ0n) is 7.28. The van der Waals surface area contributed by atoms with Gasteiger partial charge in [-0.2, -0.15) is 0 Å². The van der Waals surface area contributed by atoms with Crippen LogP contribution in [-0.2, 0) is 9.53 Å². The maximum atomic E-state index is 11.2. The fourth-order valence-electron chi connectivity index (χ4n) is 1.24. The lowest BCUT2D eigenvalue weighted by Crippen LogP contribution is -2.38. The Labute approximate surface area is 76.0 Å². The minimum Gasteiger partial charge on any atom is -0.448 e. The van der Waals surface area contributed by atoms with Crippen LogP contribution in [0.2, 0.25) is 0 Å². The van der Waals surface area contributed by atoms with Gasteiger partial charge in [0.2, 0.25) is 5.91 Å². The van der Waals surface area contributed by atoms with Crippen molar-refractivity contribution in [2.24, 2.45) is 0 Å². The number of ether oxygens (including phenoxy) is 1. The Kier molecular flexibility index (Phi) is 2.08. The van der Waals surface area contributed by atoms with Gasteiger partial charge in [-0.1, -0.05) is 0 Å². The minimum atomic E-state index is -0.383. The molecule has 0 radical (unpaired) electrons. The molecule has 5 nitrogen and oxygen atoms in total. The summed E-state index contributed by atoms with van der Waals surface area (Å²) in [6.07, 6.45) is 1.75. The molecule has 5 heteroatoms. The second-order valence-electron chi connectivity index (χ2n) is 3.38. The van der Waals surface area contributed by atoms with Crippen molar-refractivity contribution in [3.05, 3.63) is 0 Å². The van der Waals surface area contributed by atoms with Crippen molar-refractivity contribution in [3.63, 3.8) is 0 Å². The predicted molar refractivity (Wildman–Crippen MR) is 44.1 cm³/mol. The van der Waals surface area contributed by atoms with Gasteiger partial charge in [0.05, 0.1) is 6.54 Å². The number of rotatable bonds is 3. The molecule has 1 saturated carbocycles. The number of cyclic esters (lactones) is 1. The molecule has 2 amide bonds. The Morgan fingerprint density at radius 1 is 1.62 bits per heavy atom. The van der Waals surface area contributed by atoms with Crippen molar-refractivity contribution in [1.82, 2.24) is 10.2 Å². The predicted octanol–water partition coefficient (Wildman–Crippen LogP) is -0.283. The van der Waals surface area contributed by atoms with Gasteiger partial charge in [0.15, 0.2) is 0 Å². The molecule has 2 aliphatic rings. The van der Waals surface area contributed by atoms with Gasteiger partial charge in [-0.05, 0) is 12.8 Å². The van der Waals surface area contributed by atoms with E-state index in [1.807, 2.05) is 0 Å². The van der Waals surface area contributed by atoms with Crippen LogP contribution in [-0.4, -0.2) is 42.6 Å². The van der Waals surface area contributed by atoms with E-state index in [0.29, 0.717) is 19.2 Å². The Bertz CT molecular complexity index is 238. The zero-order valence-corrected chi connectivity index (χ0v) is 7.28. The van der Waals surface area contributed by atoms with Crippen molar-refractivity contribution in [1.29, 1.82) is 0 Å². The standard InChI is InChI=1S/C8H12N2O3/c11-7(9-6-1-2-6)5-10-3-4-13-8(10)12/h6H,1-5H2,(H,9,11). The number of hydrogen-bond acceptors (Lipinski definition) is 3. The van der Waals surface area contributed by atoms with E-state index in [-0.39, 0.29) is 18.5 Å². The molecule has 0 bridgehead atoms. The van der Waals surface area contributed by atoms with Crippen LogP contribution in [0, 0.1) is 0 Å². The highest BCUT2D eigenvalue weighted by Gasteiger charge is 2.27. The molecular weight excluding hydrogens is 172 g/mol. The minimum absolute atomic E-state index is 0.0821. The van der Waals surface area contributed by atoms with Crippen molar-refractivity contribution in [2.45, 2.75) is 18.9 Å². The summed E-state index contributed by atoms with van der Waals surface area (Å²) < 4.78 is 4.69. The SMILES string of the molecule is O=C(CN1CCOC1=O)NC1CC1. The molecule has 0 spiro atoms. The third-order valence-corrected chi connectivity index (χ3v) is 2.12. The van der Waals surface area contributed by atoms with E-state index >= 15 is 0 Å². The first kappa shape index (κ1) is 8.34. The van der Waals surface area contributed by atoms with Crippen molar-refractivity contribution >= 4 is 12.0 Å². The Balaban J connectivity index is 1.75. The van der Waals surface area contributed by atoms with Crippen LogP contribution in [0.4, 0.5) is 4.79 Å². The van der Waals surface area contributed by atoms with Crippen molar-refractivity contribution in [3.8, 4) is 0 Å². The van der Waals surface area contributed by atoms with E-state index in [0.717, 1.165) is 12.8 Å². The first-order chi connectivity index (χ1) is 6.25. The summed E-state index contributed by atoms with van der Waals surface area (Å²) in [6, 6.07) is 0.353. The van der Waals surface area contributed by atoms with Gasteiger partial charge >= 0.3 is 6.09 Å². The lowest BCUT2D eigenvalue weighted by Gasteiger charge is -2.11. The lowest BCUT2D eigenvalue weighted by atomic mass is 10.5. The van der Waals surface area contributed by atoms with E-state index in [4.69, 9.17) is 4.74 Å². The summed E-state index contributed by atoms with van der Waals surface area (Å²) in [7, 11) is 0. The molecule has 1 saturated heterocycles. The quantitative estimate of drug-likeness (QED) is 0.656. The highest BCUT2D eigenvalue weighted by molar-refractivity contribution is 5.83. The van der Waals surface area contributed by atoms with Gasteiger partial charge in [-0.3, -0.25) is 9.69 Å². The van der Waals surface area contributed by atoms with Crippen molar-refractivity contribution < 1.29 is 14.3 Å². The summed E-state index contributed by atoms with van der Waals surface area (Å²) in [5.41, 5.74) is 0. The summed E-state index contributed by atoms with van der Waals surface area (Å²) in [5.74, 6) is -0.0821. The number of amides is 2. The monoisotopic (exact) mass is 184 g/mol. The largest absolute Gasteiger partial charge is 0.448 e. The Morgan fingerprint density at radius 3 is 2.92 bits per heavy atom. The third-order valence-electron chi connectivity index (χ3n) is 2.12. The van der Waals surface area contributed by atoms with E-state index in [9.17, 15) is 9.59 Å². The summed E-state index contributed by atoms with van der Waals surface area (Å²) in [6.45, 7) is 1.06. The topological polar surface area (TPSA) is 58.6 Å². The lowest BCUT2D eigenvalue weighted by molar-refractivity contribution is -0.121. The average Bonchev–Trinajstić information content (AvgIpc) is 2.79. The molecule has 2 fully saturated rings. The van der Waals surface area contributed by atoms with Crippen LogP contribution in [0.5, 0.6) is 0 Å². The molecule has 0 unspecified atom stereocenters. The number of carbonyl (C=O) groups is 2. The first-order valence-electron chi connectivity index (χ1n) is 4.47. The summed E-state index contributed by atoms with van der Waals surface area (Å²) >= 11 is 0. The summed E-state index contributed by atoms with van der Waals surface area (Å²) in [5, 5.41) is 2.81. The maximum absolute atomic E-state index is 11.2. The molecule has 1 N–H and O–H groups in total. The molecule has 1 aliphatic heterocycles.